The molecule has 0 unspecified atom stereocenters. The van der Waals surface area contributed by atoms with E-state index in [1.54, 1.807) is 6.92 Å². The molecule has 2 rings (SSSR count). The second-order valence-electron chi connectivity index (χ2n) is 4.04. The molecule has 0 saturated heterocycles. The summed E-state index contributed by atoms with van der Waals surface area (Å²) in [6.07, 6.45) is 0. The van der Waals surface area contributed by atoms with Gasteiger partial charge in [-0.1, -0.05) is 11.6 Å². The van der Waals surface area contributed by atoms with E-state index >= 15 is 0 Å². The summed E-state index contributed by atoms with van der Waals surface area (Å²) in [4.78, 5) is 7.40. The van der Waals surface area contributed by atoms with Crippen LogP contribution in [0.2, 0.25) is 10.4 Å². The Morgan fingerprint density at radius 2 is 1.95 bits per heavy atom. The van der Waals surface area contributed by atoms with Crippen LogP contribution in [0.15, 0.2) is 29.2 Å². The van der Waals surface area contributed by atoms with Crippen LogP contribution in [0.4, 0.5) is 5.82 Å². The van der Waals surface area contributed by atoms with Gasteiger partial charge in [0.15, 0.2) is 0 Å². The smallest absolute Gasteiger partial charge is 0.263 e. The van der Waals surface area contributed by atoms with Gasteiger partial charge in [-0.05, 0) is 42.3 Å². The largest absolute Gasteiger partial charge is 0.263 e. The highest BCUT2D eigenvalue weighted by Gasteiger charge is 2.18. The summed E-state index contributed by atoms with van der Waals surface area (Å²) in [5.74, 6) is -0.0382. The third-order valence-electron chi connectivity index (χ3n) is 2.50. The van der Waals surface area contributed by atoms with Gasteiger partial charge in [-0.2, -0.15) is 10.2 Å². The summed E-state index contributed by atoms with van der Waals surface area (Å²) in [5.41, 5.74) is 0.812. The molecule has 0 saturated carbocycles. The minimum absolute atomic E-state index is 0.0178. The lowest BCUT2D eigenvalue weighted by molar-refractivity contribution is 0.600. The summed E-state index contributed by atoms with van der Waals surface area (Å²) in [7, 11) is -3.87. The van der Waals surface area contributed by atoms with Crippen LogP contribution >= 0.6 is 23.2 Å². The standard InChI is InChI=1S/C12H8Cl2N4O2S/c1-7-4-8(6-15)2-3-9(7)21(19,20)18-11-5-10(13)16-12(14)17-11/h2-5H,1H3,(H,16,17,18). The highest BCUT2D eigenvalue weighted by atomic mass is 35.5. The predicted molar refractivity (Wildman–Crippen MR) is 78.8 cm³/mol. The van der Waals surface area contributed by atoms with E-state index in [1.807, 2.05) is 6.07 Å². The Kier molecular flexibility index (Phi) is 4.32. The molecule has 108 valence electrons. The Labute approximate surface area is 131 Å². The van der Waals surface area contributed by atoms with Crippen molar-refractivity contribution in [1.82, 2.24) is 9.97 Å². The van der Waals surface area contributed by atoms with Crippen molar-refractivity contribution in [2.45, 2.75) is 11.8 Å². The number of anilines is 1. The number of benzene rings is 1. The molecule has 0 aliphatic rings. The van der Waals surface area contributed by atoms with Crippen molar-refractivity contribution in [2.75, 3.05) is 4.72 Å². The number of nitrogens with one attached hydrogen (secondary N) is 1. The van der Waals surface area contributed by atoms with E-state index in [1.165, 1.54) is 24.3 Å². The number of sulfonamides is 1. The van der Waals surface area contributed by atoms with Gasteiger partial charge in [-0.3, -0.25) is 4.72 Å². The van der Waals surface area contributed by atoms with Crippen LogP contribution in [0.25, 0.3) is 0 Å². The highest BCUT2D eigenvalue weighted by Crippen LogP contribution is 2.21. The average molecular weight is 343 g/mol. The topological polar surface area (TPSA) is 95.7 Å². The number of aryl methyl sites for hydroxylation is 1. The number of nitriles is 1. The molecule has 0 aliphatic heterocycles. The minimum atomic E-state index is -3.87. The van der Waals surface area contributed by atoms with Gasteiger partial charge >= 0.3 is 0 Å². The maximum Gasteiger partial charge on any atom is 0.263 e. The van der Waals surface area contributed by atoms with Crippen LogP contribution in [-0.2, 0) is 10.0 Å². The minimum Gasteiger partial charge on any atom is -0.263 e. The first-order valence-electron chi connectivity index (χ1n) is 5.55. The third kappa shape index (κ3) is 3.61. The van der Waals surface area contributed by atoms with Gasteiger partial charge in [0, 0.05) is 6.07 Å². The van der Waals surface area contributed by atoms with Gasteiger partial charge in [-0.15, -0.1) is 0 Å². The molecule has 0 spiro atoms. The molecule has 1 heterocycles. The van der Waals surface area contributed by atoms with Crippen molar-refractivity contribution in [3.05, 3.63) is 45.8 Å². The van der Waals surface area contributed by atoms with E-state index in [9.17, 15) is 8.42 Å². The molecule has 0 radical (unpaired) electrons. The fourth-order valence-corrected chi connectivity index (χ4v) is 3.28. The zero-order valence-corrected chi connectivity index (χ0v) is 13.0. The summed E-state index contributed by atoms with van der Waals surface area (Å²) in [6, 6.07) is 7.43. The van der Waals surface area contributed by atoms with E-state index in [-0.39, 0.29) is 21.2 Å². The molecule has 1 aromatic heterocycles. The molecule has 0 fully saturated rings. The molecule has 6 nitrogen and oxygen atoms in total. The van der Waals surface area contributed by atoms with Crippen molar-refractivity contribution in [1.29, 1.82) is 5.26 Å². The third-order valence-corrected chi connectivity index (χ3v) is 4.38. The zero-order valence-electron chi connectivity index (χ0n) is 10.6. The molecule has 1 aromatic carbocycles. The summed E-state index contributed by atoms with van der Waals surface area (Å²) < 4.78 is 26.9. The second kappa shape index (κ2) is 5.85. The molecule has 0 amide bonds. The normalized spacial score (nSPS) is 11.0. The number of halogens is 2. The fourth-order valence-electron chi connectivity index (χ4n) is 1.66. The van der Waals surface area contributed by atoms with E-state index in [0.717, 1.165) is 0 Å². The molecule has 1 N–H and O–H groups in total. The maximum absolute atomic E-state index is 12.3. The molecule has 0 aliphatic carbocycles. The molecule has 0 bridgehead atoms. The quantitative estimate of drug-likeness (QED) is 0.683. The van der Waals surface area contributed by atoms with Gasteiger partial charge in [0.1, 0.15) is 11.0 Å². The van der Waals surface area contributed by atoms with Crippen LogP contribution in [0.1, 0.15) is 11.1 Å². The monoisotopic (exact) mass is 342 g/mol. The van der Waals surface area contributed by atoms with E-state index in [0.29, 0.717) is 11.1 Å². The summed E-state index contributed by atoms with van der Waals surface area (Å²) >= 11 is 11.3. The predicted octanol–water partition coefficient (Wildman–Crippen LogP) is 2.76. The number of aromatic nitrogens is 2. The molecular weight excluding hydrogens is 335 g/mol. The summed E-state index contributed by atoms with van der Waals surface area (Å²) in [5, 5.41) is 8.64. The summed E-state index contributed by atoms with van der Waals surface area (Å²) in [6.45, 7) is 1.59. The van der Waals surface area contributed by atoms with Crippen LogP contribution in [0.5, 0.6) is 0 Å². The average Bonchev–Trinajstić information content (AvgIpc) is 2.36. The lowest BCUT2D eigenvalue weighted by atomic mass is 10.2. The van der Waals surface area contributed by atoms with E-state index < -0.39 is 10.0 Å². The lowest BCUT2D eigenvalue weighted by Crippen LogP contribution is -2.15. The Bertz CT molecular complexity index is 827. The fraction of sp³-hybridized carbons (Fsp3) is 0.0833. The second-order valence-corrected chi connectivity index (χ2v) is 6.42. The Balaban J connectivity index is 2.41. The van der Waals surface area contributed by atoms with Crippen LogP contribution in [0, 0.1) is 18.3 Å². The molecule has 2 aromatic rings. The Hall–Kier alpha value is -1.88. The van der Waals surface area contributed by atoms with E-state index in [4.69, 9.17) is 28.5 Å². The number of hydrogen-bond donors (Lipinski definition) is 1. The highest BCUT2D eigenvalue weighted by molar-refractivity contribution is 7.92. The van der Waals surface area contributed by atoms with Gasteiger partial charge in [0.2, 0.25) is 5.28 Å². The Morgan fingerprint density at radius 3 is 2.52 bits per heavy atom. The number of nitrogens with zero attached hydrogens (tertiary/aromatic N) is 3. The maximum atomic E-state index is 12.3. The van der Waals surface area contributed by atoms with Crippen LogP contribution < -0.4 is 4.72 Å². The zero-order chi connectivity index (χ0) is 15.6. The van der Waals surface area contributed by atoms with Crippen molar-refractivity contribution in [3.8, 4) is 6.07 Å². The number of rotatable bonds is 3. The van der Waals surface area contributed by atoms with Gasteiger partial charge < -0.3 is 0 Å². The Morgan fingerprint density at radius 1 is 1.24 bits per heavy atom. The first kappa shape index (κ1) is 15.5. The van der Waals surface area contributed by atoms with Crippen molar-refractivity contribution >= 4 is 39.0 Å². The van der Waals surface area contributed by atoms with Crippen LogP contribution in [-0.4, -0.2) is 18.4 Å². The van der Waals surface area contributed by atoms with Crippen molar-refractivity contribution < 1.29 is 8.42 Å². The van der Waals surface area contributed by atoms with Crippen molar-refractivity contribution in [2.24, 2.45) is 0 Å². The van der Waals surface area contributed by atoms with Crippen molar-refractivity contribution in [3.63, 3.8) is 0 Å². The van der Waals surface area contributed by atoms with Gasteiger partial charge in [-0.25, -0.2) is 13.4 Å². The lowest BCUT2D eigenvalue weighted by Gasteiger charge is -2.10. The first-order chi connectivity index (χ1) is 9.81. The molecule has 9 heteroatoms. The van der Waals surface area contributed by atoms with Gasteiger partial charge in [0.05, 0.1) is 16.5 Å². The van der Waals surface area contributed by atoms with Crippen LogP contribution in [0.3, 0.4) is 0 Å². The first-order valence-corrected chi connectivity index (χ1v) is 7.79. The van der Waals surface area contributed by atoms with E-state index in [2.05, 4.69) is 14.7 Å². The molecule has 0 atom stereocenters. The molecule has 21 heavy (non-hydrogen) atoms. The number of hydrogen-bond acceptors (Lipinski definition) is 5. The SMILES string of the molecule is Cc1cc(C#N)ccc1S(=O)(=O)Nc1cc(Cl)nc(Cl)n1. The van der Waals surface area contributed by atoms with Gasteiger partial charge in [0.25, 0.3) is 10.0 Å². The molecular formula is C12H8Cl2N4O2S.